The molecule has 0 aromatic heterocycles. The Hall–Kier alpha value is -2.53. The van der Waals surface area contributed by atoms with Gasteiger partial charge in [-0.1, -0.05) is 23.7 Å². The number of amides is 2. The highest BCUT2D eigenvalue weighted by molar-refractivity contribution is 6.30. The maximum absolute atomic E-state index is 12.1. The first-order valence-corrected chi connectivity index (χ1v) is 7.52. The molecule has 1 heterocycles. The number of nitrogens with one attached hydrogen (secondary N) is 2. The summed E-state index contributed by atoms with van der Waals surface area (Å²) in [5.74, 6) is -0.0805. The van der Waals surface area contributed by atoms with E-state index in [0.29, 0.717) is 22.1 Å². The Kier molecular flexibility index (Phi) is 4.21. The van der Waals surface area contributed by atoms with Crippen LogP contribution in [0.3, 0.4) is 0 Å². The van der Waals surface area contributed by atoms with E-state index in [1.807, 2.05) is 19.1 Å². The van der Waals surface area contributed by atoms with Gasteiger partial charge < -0.3 is 15.4 Å². The van der Waals surface area contributed by atoms with Crippen LogP contribution >= 0.6 is 11.6 Å². The number of halogens is 1. The summed E-state index contributed by atoms with van der Waals surface area (Å²) in [6, 6.07) is 12.3. The maximum atomic E-state index is 12.1. The number of carbonyl (C=O) groups is 2. The van der Waals surface area contributed by atoms with Crippen LogP contribution in [-0.4, -0.2) is 17.9 Å². The highest BCUT2D eigenvalue weighted by Gasteiger charge is 2.29. The number of ether oxygens (including phenoxy) is 1. The van der Waals surface area contributed by atoms with Gasteiger partial charge in [-0.3, -0.25) is 9.59 Å². The van der Waals surface area contributed by atoms with Crippen LogP contribution < -0.4 is 15.4 Å². The van der Waals surface area contributed by atoms with E-state index >= 15 is 0 Å². The van der Waals surface area contributed by atoms with E-state index < -0.39 is 6.10 Å². The van der Waals surface area contributed by atoms with Crippen molar-refractivity contribution in [2.45, 2.75) is 19.4 Å². The normalized spacial score (nSPS) is 16.1. The molecule has 2 N–H and O–H groups in total. The lowest BCUT2D eigenvalue weighted by Gasteiger charge is -2.25. The van der Waals surface area contributed by atoms with Crippen molar-refractivity contribution in [3.63, 3.8) is 0 Å². The number of hydrogen-bond acceptors (Lipinski definition) is 3. The number of aryl methyl sites for hydroxylation is 1. The first-order valence-electron chi connectivity index (χ1n) is 7.15. The zero-order valence-corrected chi connectivity index (χ0v) is 13.2. The number of anilines is 2. The van der Waals surface area contributed by atoms with Gasteiger partial charge >= 0.3 is 0 Å². The summed E-state index contributed by atoms with van der Waals surface area (Å²) in [5, 5.41) is 5.99. The van der Waals surface area contributed by atoms with E-state index in [1.54, 1.807) is 30.3 Å². The molecule has 2 aromatic carbocycles. The Labute approximate surface area is 138 Å². The Balaban J connectivity index is 1.67. The van der Waals surface area contributed by atoms with E-state index in [0.717, 1.165) is 5.56 Å². The van der Waals surface area contributed by atoms with Crippen LogP contribution in [0.15, 0.2) is 42.5 Å². The fourth-order valence-electron chi connectivity index (χ4n) is 2.35. The molecule has 6 heteroatoms. The van der Waals surface area contributed by atoms with Gasteiger partial charge in [-0.2, -0.15) is 0 Å². The first-order chi connectivity index (χ1) is 11.0. The van der Waals surface area contributed by atoms with E-state index in [-0.39, 0.29) is 18.2 Å². The van der Waals surface area contributed by atoms with Gasteiger partial charge in [-0.05, 0) is 42.8 Å². The van der Waals surface area contributed by atoms with Crippen molar-refractivity contribution in [3.05, 3.63) is 53.1 Å². The number of carbonyl (C=O) groups excluding carboxylic acids is 2. The standard InChI is InChI=1S/C17H15ClN2O3/c1-10-5-6-14-13(7-10)20-17(22)15(23-14)9-16(21)19-12-4-2-3-11(18)8-12/h2-8,15H,9H2,1H3,(H,19,21)(H,20,22). The summed E-state index contributed by atoms with van der Waals surface area (Å²) in [5.41, 5.74) is 2.22. The molecule has 1 aliphatic heterocycles. The summed E-state index contributed by atoms with van der Waals surface area (Å²) in [6.07, 6.45) is -0.935. The largest absolute Gasteiger partial charge is 0.478 e. The third-order valence-electron chi connectivity index (χ3n) is 3.43. The molecule has 0 saturated heterocycles. The molecular formula is C17H15ClN2O3. The van der Waals surface area contributed by atoms with Gasteiger partial charge in [-0.15, -0.1) is 0 Å². The number of benzene rings is 2. The van der Waals surface area contributed by atoms with Crippen molar-refractivity contribution in [3.8, 4) is 5.75 Å². The molecule has 0 fully saturated rings. The Bertz CT molecular complexity index is 776. The van der Waals surface area contributed by atoms with Crippen LogP contribution in [0.5, 0.6) is 5.75 Å². The number of hydrogen-bond donors (Lipinski definition) is 2. The summed E-state index contributed by atoms with van der Waals surface area (Å²) >= 11 is 5.87. The summed E-state index contributed by atoms with van der Waals surface area (Å²) in [4.78, 5) is 24.2. The summed E-state index contributed by atoms with van der Waals surface area (Å²) in [7, 11) is 0. The van der Waals surface area contributed by atoms with Gasteiger partial charge in [0.25, 0.3) is 5.91 Å². The maximum Gasteiger partial charge on any atom is 0.266 e. The number of rotatable bonds is 3. The zero-order valence-electron chi connectivity index (χ0n) is 12.4. The third-order valence-corrected chi connectivity index (χ3v) is 3.67. The molecule has 1 aliphatic rings. The Morgan fingerprint density at radius 3 is 2.91 bits per heavy atom. The average Bonchev–Trinajstić information content (AvgIpc) is 2.48. The van der Waals surface area contributed by atoms with Gasteiger partial charge in [0.05, 0.1) is 12.1 Å². The third kappa shape index (κ3) is 3.63. The van der Waals surface area contributed by atoms with Gasteiger partial charge in [0, 0.05) is 10.7 Å². The second-order valence-electron chi connectivity index (χ2n) is 5.36. The van der Waals surface area contributed by atoms with Crippen LogP contribution in [0.4, 0.5) is 11.4 Å². The van der Waals surface area contributed by atoms with Gasteiger partial charge in [0.1, 0.15) is 5.75 Å². The molecule has 3 rings (SSSR count). The molecule has 2 aromatic rings. The van der Waals surface area contributed by atoms with Crippen LogP contribution in [0.25, 0.3) is 0 Å². The molecule has 5 nitrogen and oxygen atoms in total. The van der Waals surface area contributed by atoms with Gasteiger partial charge in [0.15, 0.2) is 6.10 Å². The molecule has 2 amide bonds. The highest BCUT2D eigenvalue weighted by atomic mass is 35.5. The van der Waals surface area contributed by atoms with Crippen LogP contribution in [-0.2, 0) is 9.59 Å². The van der Waals surface area contributed by atoms with Crippen LogP contribution in [0.2, 0.25) is 5.02 Å². The van der Waals surface area contributed by atoms with Crippen molar-refractivity contribution >= 4 is 34.8 Å². The van der Waals surface area contributed by atoms with Crippen molar-refractivity contribution in [2.75, 3.05) is 10.6 Å². The molecule has 0 saturated carbocycles. The lowest BCUT2D eigenvalue weighted by atomic mass is 10.1. The van der Waals surface area contributed by atoms with E-state index in [9.17, 15) is 9.59 Å². The SMILES string of the molecule is Cc1ccc2c(c1)NC(=O)C(CC(=O)Nc1cccc(Cl)c1)O2. The molecule has 23 heavy (non-hydrogen) atoms. The first kappa shape index (κ1) is 15.4. The van der Waals surface area contributed by atoms with Crippen molar-refractivity contribution in [1.82, 2.24) is 0 Å². The number of fused-ring (bicyclic) bond motifs is 1. The van der Waals surface area contributed by atoms with Gasteiger partial charge in [0.2, 0.25) is 5.91 Å². The average molecular weight is 331 g/mol. The fraction of sp³-hybridized carbons (Fsp3) is 0.176. The van der Waals surface area contributed by atoms with E-state index in [2.05, 4.69) is 10.6 Å². The smallest absolute Gasteiger partial charge is 0.266 e. The Morgan fingerprint density at radius 1 is 1.30 bits per heavy atom. The molecule has 0 bridgehead atoms. The molecule has 0 spiro atoms. The van der Waals surface area contributed by atoms with E-state index in [1.165, 1.54) is 0 Å². The van der Waals surface area contributed by atoms with E-state index in [4.69, 9.17) is 16.3 Å². The lowest BCUT2D eigenvalue weighted by molar-refractivity contribution is -0.128. The molecule has 1 unspecified atom stereocenters. The minimum atomic E-state index is -0.857. The summed E-state index contributed by atoms with van der Waals surface area (Å²) < 4.78 is 5.63. The lowest BCUT2D eigenvalue weighted by Crippen LogP contribution is -2.39. The molecule has 0 radical (unpaired) electrons. The molecular weight excluding hydrogens is 316 g/mol. The molecule has 118 valence electrons. The monoisotopic (exact) mass is 330 g/mol. The van der Waals surface area contributed by atoms with Crippen molar-refractivity contribution in [2.24, 2.45) is 0 Å². The predicted molar refractivity (Wildman–Crippen MR) is 88.9 cm³/mol. The zero-order chi connectivity index (χ0) is 16.4. The summed E-state index contributed by atoms with van der Waals surface area (Å²) in [6.45, 7) is 1.93. The Morgan fingerprint density at radius 2 is 2.13 bits per heavy atom. The van der Waals surface area contributed by atoms with Crippen LogP contribution in [0.1, 0.15) is 12.0 Å². The quantitative estimate of drug-likeness (QED) is 0.906. The van der Waals surface area contributed by atoms with Gasteiger partial charge in [-0.25, -0.2) is 0 Å². The molecule has 1 atom stereocenters. The minimum Gasteiger partial charge on any atom is -0.478 e. The highest BCUT2D eigenvalue weighted by Crippen LogP contribution is 2.31. The van der Waals surface area contributed by atoms with Crippen molar-refractivity contribution < 1.29 is 14.3 Å². The predicted octanol–water partition coefficient (Wildman–Crippen LogP) is 3.38. The fourth-order valence-corrected chi connectivity index (χ4v) is 2.54. The van der Waals surface area contributed by atoms with Crippen LogP contribution in [0, 0.1) is 6.92 Å². The van der Waals surface area contributed by atoms with Crippen molar-refractivity contribution in [1.29, 1.82) is 0 Å². The minimum absolute atomic E-state index is 0.0777. The second-order valence-corrected chi connectivity index (χ2v) is 5.79. The second kappa shape index (κ2) is 6.30. The molecule has 0 aliphatic carbocycles. The topological polar surface area (TPSA) is 67.4 Å².